The molecule has 2 unspecified atom stereocenters. The molecule has 0 radical (unpaired) electrons. The molecule has 2 atom stereocenters. The zero-order valence-corrected chi connectivity index (χ0v) is 12.5. The molecule has 1 heterocycles. The molecular weight excluding hydrogens is 234 g/mol. The SMILES string of the molecule is CCCNCC1CCCOC1c1cc(C)cc(C)c1. The fourth-order valence-electron chi connectivity index (χ4n) is 3.06. The first-order valence-corrected chi connectivity index (χ1v) is 7.61. The first-order valence-electron chi connectivity index (χ1n) is 7.61. The molecule has 0 aliphatic carbocycles. The molecule has 1 fully saturated rings. The Kier molecular flexibility index (Phi) is 5.41. The predicted molar refractivity (Wildman–Crippen MR) is 80.5 cm³/mol. The van der Waals surface area contributed by atoms with Crippen molar-refractivity contribution in [3.63, 3.8) is 0 Å². The van der Waals surface area contributed by atoms with Crippen LogP contribution in [0.4, 0.5) is 0 Å². The number of benzene rings is 1. The van der Waals surface area contributed by atoms with E-state index in [1.54, 1.807) is 0 Å². The van der Waals surface area contributed by atoms with Crippen molar-refractivity contribution in [2.75, 3.05) is 19.7 Å². The van der Waals surface area contributed by atoms with Gasteiger partial charge in [-0.2, -0.15) is 0 Å². The largest absolute Gasteiger partial charge is 0.373 e. The molecule has 2 rings (SSSR count). The molecule has 0 bridgehead atoms. The van der Waals surface area contributed by atoms with Crippen LogP contribution in [0.25, 0.3) is 0 Å². The third-order valence-corrected chi connectivity index (χ3v) is 3.85. The van der Waals surface area contributed by atoms with Gasteiger partial charge in [0.15, 0.2) is 0 Å². The summed E-state index contributed by atoms with van der Waals surface area (Å²) in [6, 6.07) is 6.81. The van der Waals surface area contributed by atoms with Crippen LogP contribution < -0.4 is 5.32 Å². The third kappa shape index (κ3) is 4.05. The zero-order valence-electron chi connectivity index (χ0n) is 12.5. The van der Waals surface area contributed by atoms with E-state index in [1.165, 1.54) is 36.0 Å². The summed E-state index contributed by atoms with van der Waals surface area (Å²) in [5.41, 5.74) is 4.04. The van der Waals surface area contributed by atoms with Crippen molar-refractivity contribution in [1.29, 1.82) is 0 Å². The van der Waals surface area contributed by atoms with Gasteiger partial charge in [-0.25, -0.2) is 0 Å². The summed E-state index contributed by atoms with van der Waals surface area (Å²) < 4.78 is 6.08. The highest BCUT2D eigenvalue weighted by molar-refractivity contribution is 5.30. The standard InChI is InChI=1S/C17H27NO/c1-4-7-18-12-15-6-5-8-19-17(15)16-10-13(2)9-14(3)11-16/h9-11,15,17-18H,4-8,12H2,1-3H3. The highest BCUT2D eigenvalue weighted by atomic mass is 16.5. The van der Waals surface area contributed by atoms with E-state index in [1.807, 2.05) is 0 Å². The van der Waals surface area contributed by atoms with Gasteiger partial charge in [0.2, 0.25) is 0 Å². The lowest BCUT2D eigenvalue weighted by atomic mass is 9.88. The Morgan fingerprint density at radius 1 is 1.21 bits per heavy atom. The molecule has 1 aromatic carbocycles. The molecule has 1 aliphatic heterocycles. The van der Waals surface area contributed by atoms with Crippen molar-refractivity contribution in [1.82, 2.24) is 5.32 Å². The van der Waals surface area contributed by atoms with Gasteiger partial charge in [0.1, 0.15) is 0 Å². The van der Waals surface area contributed by atoms with Crippen LogP contribution in [0, 0.1) is 19.8 Å². The number of ether oxygens (including phenoxy) is 1. The normalized spacial score (nSPS) is 23.5. The lowest BCUT2D eigenvalue weighted by Gasteiger charge is -2.32. The minimum absolute atomic E-state index is 0.275. The second-order valence-electron chi connectivity index (χ2n) is 5.82. The van der Waals surface area contributed by atoms with Crippen molar-refractivity contribution in [2.45, 2.75) is 46.1 Å². The summed E-state index contributed by atoms with van der Waals surface area (Å²) in [7, 11) is 0. The first kappa shape index (κ1) is 14.5. The van der Waals surface area contributed by atoms with Crippen molar-refractivity contribution in [3.05, 3.63) is 34.9 Å². The Labute approximate surface area is 117 Å². The Morgan fingerprint density at radius 3 is 2.63 bits per heavy atom. The lowest BCUT2D eigenvalue weighted by Crippen LogP contribution is -2.32. The summed E-state index contributed by atoms with van der Waals surface area (Å²) in [4.78, 5) is 0. The molecule has 1 N–H and O–H groups in total. The van der Waals surface area contributed by atoms with Gasteiger partial charge in [-0.1, -0.05) is 36.2 Å². The maximum absolute atomic E-state index is 6.08. The summed E-state index contributed by atoms with van der Waals surface area (Å²) in [5, 5.41) is 3.55. The number of hydrogen-bond donors (Lipinski definition) is 1. The molecule has 19 heavy (non-hydrogen) atoms. The quantitative estimate of drug-likeness (QED) is 0.815. The van der Waals surface area contributed by atoms with Crippen LogP contribution in [-0.2, 0) is 4.74 Å². The smallest absolute Gasteiger partial charge is 0.0865 e. The molecule has 0 saturated carbocycles. The Hall–Kier alpha value is -0.860. The Bertz CT molecular complexity index is 382. The van der Waals surface area contributed by atoms with Gasteiger partial charge in [-0.05, 0) is 45.2 Å². The van der Waals surface area contributed by atoms with E-state index in [4.69, 9.17) is 4.74 Å². The van der Waals surface area contributed by atoms with E-state index < -0.39 is 0 Å². The van der Waals surface area contributed by atoms with Gasteiger partial charge < -0.3 is 10.1 Å². The van der Waals surface area contributed by atoms with E-state index in [9.17, 15) is 0 Å². The van der Waals surface area contributed by atoms with Crippen molar-refractivity contribution >= 4 is 0 Å². The minimum Gasteiger partial charge on any atom is -0.373 e. The van der Waals surface area contributed by atoms with E-state index >= 15 is 0 Å². The van der Waals surface area contributed by atoms with Crippen LogP contribution >= 0.6 is 0 Å². The summed E-state index contributed by atoms with van der Waals surface area (Å²) in [5.74, 6) is 0.612. The van der Waals surface area contributed by atoms with E-state index in [0.717, 1.165) is 19.7 Å². The topological polar surface area (TPSA) is 21.3 Å². The molecule has 2 heteroatoms. The molecule has 106 valence electrons. The van der Waals surface area contributed by atoms with Crippen molar-refractivity contribution in [2.24, 2.45) is 5.92 Å². The highest BCUT2D eigenvalue weighted by Gasteiger charge is 2.27. The number of nitrogens with one attached hydrogen (secondary N) is 1. The molecule has 0 amide bonds. The monoisotopic (exact) mass is 261 g/mol. The second-order valence-corrected chi connectivity index (χ2v) is 5.82. The van der Waals surface area contributed by atoms with E-state index in [2.05, 4.69) is 44.3 Å². The van der Waals surface area contributed by atoms with Crippen molar-refractivity contribution < 1.29 is 4.74 Å². The molecule has 1 aromatic rings. The van der Waals surface area contributed by atoms with Crippen LogP contribution in [0.15, 0.2) is 18.2 Å². The summed E-state index contributed by atoms with van der Waals surface area (Å²) >= 11 is 0. The molecule has 0 spiro atoms. The van der Waals surface area contributed by atoms with Crippen LogP contribution in [0.1, 0.15) is 49.0 Å². The van der Waals surface area contributed by atoms with E-state index in [0.29, 0.717) is 5.92 Å². The van der Waals surface area contributed by atoms with Crippen molar-refractivity contribution in [3.8, 4) is 0 Å². The van der Waals surface area contributed by atoms with Crippen LogP contribution in [0.2, 0.25) is 0 Å². The van der Waals surface area contributed by atoms with Gasteiger partial charge in [0.05, 0.1) is 6.10 Å². The second kappa shape index (κ2) is 7.06. The molecule has 0 aromatic heterocycles. The highest BCUT2D eigenvalue weighted by Crippen LogP contribution is 2.34. The maximum atomic E-state index is 6.08. The van der Waals surface area contributed by atoms with Gasteiger partial charge in [0.25, 0.3) is 0 Å². The number of rotatable bonds is 5. The average molecular weight is 261 g/mol. The summed E-state index contributed by atoms with van der Waals surface area (Å²) in [6.45, 7) is 9.64. The van der Waals surface area contributed by atoms with Crippen LogP contribution in [0.5, 0.6) is 0 Å². The van der Waals surface area contributed by atoms with E-state index in [-0.39, 0.29) is 6.10 Å². The van der Waals surface area contributed by atoms with Gasteiger partial charge in [-0.3, -0.25) is 0 Å². The van der Waals surface area contributed by atoms with Gasteiger partial charge in [-0.15, -0.1) is 0 Å². The average Bonchev–Trinajstić information content (AvgIpc) is 2.38. The minimum atomic E-state index is 0.275. The molecule has 2 nitrogen and oxygen atoms in total. The van der Waals surface area contributed by atoms with Gasteiger partial charge >= 0.3 is 0 Å². The Balaban J connectivity index is 2.09. The lowest BCUT2D eigenvalue weighted by molar-refractivity contribution is -0.0277. The third-order valence-electron chi connectivity index (χ3n) is 3.85. The summed E-state index contributed by atoms with van der Waals surface area (Å²) in [6.07, 6.45) is 3.94. The van der Waals surface area contributed by atoms with Crippen LogP contribution in [-0.4, -0.2) is 19.7 Å². The molecular formula is C17H27NO. The zero-order chi connectivity index (χ0) is 13.7. The van der Waals surface area contributed by atoms with Crippen LogP contribution in [0.3, 0.4) is 0 Å². The maximum Gasteiger partial charge on any atom is 0.0865 e. The first-order chi connectivity index (χ1) is 9.20. The molecule has 1 aliphatic rings. The number of aryl methyl sites for hydroxylation is 2. The Morgan fingerprint density at radius 2 is 1.95 bits per heavy atom. The van der Waals surface area contributed by atoms with Gasteiger partial charge in [0, 0.05) is 19.1 Å². The fourth-order valence-corrected chi connectivity index (χ4v) is 3.06. The number of hydrogen-bond acceptors (Lipinski definition) is 2. The molecule has 1 saturated heterocycles. The fraction of sp³-hybridized carbons (Fsp3) is 0.647. The predicted octanol–water partition coefficient (Wildman–Crippen LogP) is 3.77.